The lowest BCUT2D eigenvalue weighted by Gasteiger charge is -2.08. The Balaban J connectivity index is 1.50. The molecule has 1 fully saturated rings. The van der Waals surface area contributed by atoms with Gasteiger partial charge in [-0.15, -0.1) is 0 Å². The number of fused-ring (bicyclic) bond motifs is 1. The van der Waals surface area contributed by atoms with Gasteiger partial charge in [-0.2, -0.15) is 0 Å². The molecule has 0 spiro atoms. The van der Waals surface area contributed by atoms with Gasteiger partial charge in [0.25, 0.3) is 0 Å². The quantitative estimate of drug-likeness (QED) is 0.793. The van der Waals surface area contributed by atoms with Gasteiger partial charge in [0.05, 0.1) is 10.2 Å². The summed E-state index contributed by atoms with van der Waals surface area (Å²) in [5.41, 5.74) is 0.879. The monoisotopic (exact) mass is 278 g/mol. The van der Waals surface area contributed by atoms with Gasteiger partial charge in [0, 0.05) is 6.54 Å². The molecule has 0 radical (unpaired) electrons. The van der Waals surface area contributed by atoms with E-state index in [1.165, 1.54) is 55.9 Å². The van der Waals surface area contributed by atoms with Crippen molar-refractivity contribution in [1.82, 2.24) is 4.98 Å². The number of anilines is 1. The predicted molar refractivity (Wildman–Crippen MR) is 79.3 cm³/mol. The number of hydrogen-bond acceptors (Lipinski definition) is 3. The van der Waals surface area contributed by atoms with Gasteiger partial charge in [0.1, 0.15) is 5.82 Å². The molecule has 1 saturated carbocycles. The van der Waals surface area contributed by atoms with Crippen molar-refractivity contribution >= 4 is 26.7 Å². The summed E-state index contributed by atoms with van der Waals surface area (Å²) < 4.78 is 14.0. The Kier molecular flexibility index (Phi) is 3.97. The number of benzene rings is 1. The molecule has 1 N–H and O–H groups in total. The van der Waals surface area contributed by atoms with E-state index < -0.39 is 0 Å². The van der Waals surface area contributed by atoms with Gasteiger partial charge in [-0.25, -0.2) is 9.37 Å². The van der Waals surface area contributed by atoms with Crippen molar-refractivity contribution in [3.8, 4) is 0 Å². The second-order valence-corrected chi connectivity index (χ2v) is 6.38. The topological polar surface area (TPSA) is 24.9 Å². The summed E-state index contributed by atoms with van der Waals surface area (Å²) in [5.74, 6) is 0.759. The summed E-state index contributed by atoms with van der Waals surface area (Å²) in [6.45, 7) is 0.971. The highest BCUT2D eigenvalue weighted by Gasteiger charge is 2.14. The number of hydrogen-bond donors (Lipinski definition) is 1. The van der Waals surface area contributed by atoms with Crippen LogP contribution in [0.3, 0.4) is 0 Å². The molecule has 0 saturated heterocycles. The second kappa shape index (κ2) is 5.87. The lowest BCUT2D eigenvalue weighted by molar-refractivity contribution is 0.491. The third-order valence-electron chi connectivity index (χ3n) is 3.89. The SMILES string of the molecule is Fc1ccc2nc(NCCCC3CCCC3)sc2c1. The molecule has 19 heavy (non-hydrogen) atoms. The lowest BCUT2D eigenvalue weighted by Crippen LogP contribution is -2.03. The predicted octanol–water partition coefficient (Wildman–Crippen LogP) is 4.82. The van der Waals surface area contributed by atoms with Crippen LogP contribution in [0.25, 0.3) is 10.2 Å². The molecule has 1 aromatic heterocycles. The minimum absolute atomic E-state index is 0.191. The molecule has 4 heteroatoms. The first-order chi connectivity index (χ1) is 9.31. The van der Waals surface area contributed by atoms with E-state index in [4.69, 9.17) is 0 Å². The van der Waals surface area contributed by atoms with Gasteiger partial charge in [0.15, 0.2) is 5.13 Å². The molecule has 102 valence electrons. The number of aromatic nitrogens is 1. The fraction of sp³-hybridized carbons (Fsp3) is 0.533. The molecule has 1 aliphatic carbocycles. The number of thiazole rings is 1. The van der Waals surface area contributed by atoms with Crippen molar-refractivity contribution < 1.29 is 4.39 Å². The van der Waals surface area contributed by atoms with Crippen LogP contribution in [0.2, 0.25) is 0 Å². The molecule has 0 bridgehead atoms. The van der Waals surface area contributed by atoms with Gasteiger partial charge in [0.2, 0.25) is 0 Å². The normalized spacial score (nSPS) is 16.3. The van der Waals surface area contributed by atoms with E-state index in [1.54, 1.807) is 12.1 Å². The minimum Gasteiger partial charge on any atom is -0.361 e. The minimum atomic E-state index is -0.191. The van der Waals surface area contributed by atoms with Crippen LogP contribution in [-0.2, 0) is 0 Å². The van der Waals surface area contributed by atoms with Gasteiger partial charge >= 0.3 is 0 Å². The van der Waals surface area contributed by atoms with Gasteiger partial charge < -0.3 is 5.32 Å². The van der Waals surface area contributed by atoms with Crippen LogP contribution >= 0.6 is 11.3 Å². The highest BCUT2D eigenvalue weighted by atomic mass is 32.1. The summed E-state index contributed by atoms with van der Waals surface area (Å²) in [6, 6.07) is 4.76. The lowest BCUT2D eigenvalue weighted by atomic mass is 10.0. The van der Waals surface area contributed by atoms with Crippen molar-refractivity contribution in [3.63, 3.8) is 0 Å². The molecule has 3 rings (SSSR count). The molecule has 0 amide bonds. The summed E-state index contributed by atoms with van der Waals surface area (Å²) in [4.78, 5) is 4.46. The number of nitrogens with zero attached hydrogens (tertiary/aromatic N) is 1. The third kappa shape index (κ3) is 3.24. The maximum Gasteiger partial charge on any atom is 0.183 e. The Morgan fingerprint density at radius 1 is 1.32 bits per heavy atom. The van der Waals surface area contributed by atoms with E-state index in [2.05, 4.69) is 10.3 Å². The zero-order chi connectivity index (χ0) is 13.1. The van der Waals surface area contributed by atoms with Crippen molar-refractivity contribution in [2.24, 2.45) is 5.92 Å². The van der Waals surface area contributed by atoms with E-state index in [0.29, 0.717) is 0 Å². The summed E-state index contributed by atoms with van der Waals surface area (Å²) in [6.07, 6.45) is 8.20. The molecule has 0 atom stereocenters. The van der Waals surface area contributed by atoms with Crippen LogP contribution in [0.1, 0.15) is 38.5 Å². The maximum absolute atomic E-state index is 13.1. The second-order valence-electron chi connectivity index (χ2n) is 5.35. The zero-order valence-corrected chi connectivity index (χ0v) is 11.8. The fourth-order valence-corrected chi connectivity index (χ4v) is 3.78. The Bertz CT molecular complexity index is 546. The molecule has 1 heterocycles. The first-order valence-corrected chi connectivity index (χ1v) is 7.93. The molecule has 2 nitrogen and oxygen atoms in total. The van der Waals surface area contributed by atoms with E-state index >= 15 is 0 Å². The maximum atomic E-state index is 13.1. The van der Waals surface area contributed by atoms with Crippen molar-refractivity contribution in [3.05, 3.63) is 24.0 Å². The van der Waals surface area contributed by atoms with Gasteiger partial charge in [-0.1, -0.05) is 37.0 Å². The van der Waals surface area contributed by atoms with Crippen LogP contribution in [0.5, 0.6) is 0 Å². The Labute approximate surface area is 117 Å². The highest BCUT2D eigenvalue weighted by Crippen LogP contribution is 2.29. The smallest absolute Gasteiger partial charge is 0.183 e. The van der Waals surface area contributed by atoms with Crippen LogP contribution in [0.4, 0.5) is 9.52 Å². The van der Waals surface area contributed by atoms with E-state index in [9.17, 15) is 4.39 Å². The Morgan fingerprint density at radius 3 is 3.00 bits per heavy atom. The Hall–Kier alpha value is -1.16. The molecular formula is C15H19FN2S. The molecule has 1 aliphatic rings. The van der Waals surface area contributed by atoms with Crippen molar-refractivity contribution in [2.75, 3.05) is 11.9 Å². The molecule has 0 unspecified atom stereocenters. The van der Waals surface area contributed by atoms with E-state index in [-0.39, 0.29) is 5.82 Å². The van der Waals surface area contributed by atoms with Gasteiger partial charge in [-0.05, 0) is 37.0 Å². The van der Waals surface area contributed by atoms with Crippen LogP contribution in [-0.4, -0.2) is 11.5 Å². The Morgan fingerprint density at radius 2 is 2.16 bits per heavy atom. The molecule has 1 aromatic carbocycles. The highest BCUT2D eigenvalue weighted by molar-refractivity contribution is 7.22. The average Bonchev–Trinajstić information content (AvgIpc) is 3.02. The van der Waals surface area contributed by atoms with Crippen LogP contribution < -0.4 is 5.32 Å². The van der Waals surface area contributed by atoms with Crippen LogP contribution in [0.15, 0.2) is 18.2 Å². The van der Waals surface area contributed by atoms with E-state index in [1.807, 2.05) is 0 Å². The third-order valence-corrected chi connectivity index (χ3v) is 4.87. The van der Waals surface area contributed by atoms with Crippen LogP contribution in [0, 0.1) is 11.7 Å². The summed E-state index contributed by atoms with van der Waals surface area (Å²) >= 11 is 1.53. The fourth-order valence-electron chi connectivity index (χ4n) is 2.86. The summed E-state index contributed by atoms with van der Waals surface area (Å²) in [7, 11) is 0. The largest absolute Gasteiger partial charge is 0.361 e. The van der Waals surface area contributed by atoms with E-state index in [0.717, 1.165) is 27.8 Å². The zero-order valence-electron chi connectivity index (χ0n) is 11.0. The summed E-state index contributed by atoms with van der Waals surface area (Å²) in [5, 5.41) is 4.27. The number of halogens is 1. The first kappa shape index (κ1) is 12.9. The van der Waals surface area contributed by atoms with Crippen molar-refractivity contribution in [2.45, 2.75) is 38.5 Å². The first-order valence-electron chi connectivity index (χ1n) is 7.11. The number of nitrogens with one attached hydrogen (secondary N) is 1. The standard InChI is InChI=1S/C15H19FN2S/c16-12-7-8-13-14(10-12)19-15(18-13)17-9-3-6-11-4-1-2-5-11/h7-8,10-11H,1-6,9H2,(H,17,18). The molecule has 0 aliphatic heterocycles. The number of rotatable bonds is 5. The molecule has 2 aromatic rings. The average molecular weight is 278 g/mol. The molecular weight excluding hydrogens is 259 g/mol. The van der Waals surface area contributed by atoms with Gasteiger partial charge in [-0.3, -0.25) is 0 Å². The van der Waals surface area contributed by atoms with Crippen molar-refractivity contribution in [1.29, 1.82) is 0 Å².